The highest BCUT2D eigenvalue weighted by atomic mass is 32.2. The molecule has 0 saturated carbocycles. The Kier molecular flexibility index (Phi) is 3.89. The molecule has 1 atom stereocenters. The molecule has 0 aliphatic carbocycles. The zero-order valence-corrected chi connectivity index (χ0v) is 5.29. The first-order valence-electron chi connectivity index (χ1n) is 2.03. The highest BCUT2D eigenvalue weighted by Crippen LogP contribution is 1.97. The van der Waals surface area contributed by atoms with Crippen molar-refractivity contribution >= 4 is 18.2 Å². The molecule has 3 heteroatoms. The van der Waals surface area contributed by atoms with Crippen LogP contribution in [0.5, 0.6) is 0 Å². The van der Waals surface area contributed by atoms with E-state index in [9.17, 15) is 4.79 Å². The van der Waals surface area contributed by atoms with Crippen LogP contribution in [0.2, 0.25) is 0 Å². The maximum absolute atomic E-state index is 9.65. The van der Waals surface area contributed by atoms with Gasteiger partial charge in [-0.1, -0.05) is 0 Å². The fourth-order valence-corrected chi connectivity index (χ4v) is 0.355. The molecule has 0 aromatic rings. The van der Waals surface area contributed by atoms with Crippen molar-refractivity contribution in [2.45, 2.75) is 12.3 Å². The monoisotopic (exact) mass is 119 g/mol. The summed E-state index contributed by atoms with van der Waals surface area (Å²) in [5.41, 5.74) is 0. The van der Waals surface area contributed by atoms with Crippen LogP contribution in [0, 0.1) is 0 Å². The van der Waals surface area contributed by atoms with Crippen molar-refractivity contribution in [3.8, 4) is 0 Å². The van der Waals surface area contributed by atoms with Crippen LogP contribution in [0.1, 0.15) is 6.92 Å². The standard InChI is InChI=1S/C4H9NOS/c1-4(7-2)5-3-6/h3-4H,1-2H3,(H,5,6). The molecule has 0 aromatic heterocycles. The maximum Gasteiger partial charge on any atom is 0.207 e. The molecule has 0 fully saturated rings. The Hall–Kier alpha value is -0.180. The number of rotatable bonds is 3. The SMILES string of the molecule is CSC(C)NC=O. The number of carbonyl (C=O) groups is 1. The third-order valence-electron chi connectivity index (χ3n) is 0.656. The fourth-order valence-electron chi connectivity index (χ4n) is 0.164. The van der Waals surface area contributed by atoms with Gasteiger partial charge in [0.25, 0.3) is 0 Å². The molecule has 0 aromatic carbocycles. The lowest BCUT2D eigenvalue weighted by Crippen LogP contribution is -2.19. The summed E-state index contributed by atoms with van der Waals surface area (Å²) in [7, 11) is 0. The second-order valence-electron chi connectivity index (χ2n) is 1.16. The van der Waals surface area contributed by atoms with Gasteiger partial charge in [0.2, 0.25) is 6.41 Å². The number of hydrogen-bond acceptors (Lipinski definition) is 2. The van der Waals surface area contributed by atoms with Crippen LogP contribution in [0.25, 0.3) is 0 Å². The summed E-state index contributed by atoms with van der Waals surface area (Å²) in [6.07, 6.45) is 2.66. The lowest BCUT2D eigenvalue weighted by Gasteiger charge is -2.02. The molecule has 0 bridgehead atoms. The van der Waals surface area contributed by atoms with Crippen molar-refractivity contribution in [1.82, 2.24) is 5.32 Å². The van der Waals surface area contributed by atoms with Crippen molar-refractivity contribution in [2.75, 3.05) is 6.26 Å². The summed E-state index contributed by atoms with van der Waals surface area (Å²) in [5, 5.41) is 2.83. The second-order valence-corrected chi connectivity index (χ2v) is 2.34. The van der Waals surface area contributed by atoms with Crippen molar-refractivity contribution in [3.63, 3.8) is 0 Å². The Morgan fingerprint density at radius 3 is 2.57 bits per heavy atom. The third-order valence-corrected chi connectivity index (χ3v) is 1.50. The van der Waals surface area contributed by atoms with Gasteiger partial charge in [0, 0.05) is 0 Å². The lowest BCUT2D eigenvalue weighted by molar-refractivity contribution is -0.109. The van der Waals surface area contributed by atoms with Gasteiger partial charge in [-0.2, -0.15) is 0 Å². The fraction of sp³-hybridized carbons (Fsp3) is 0.750. The topological polar surface area (TPSA) is 29.1 Å². The highest BCUT2D eigenvalue weighted by Gasteiger charge is 1.90. The molecular formula is C4H9NOS. The Bertz CT molecular complexity index is 57.7. The van der Waals surface area contributed by atoms with E-state index in [0.717, 1.165) is 0 Å². The Morgan fingerprint density at radius 1 is 1.86 bits per heavy atom. The third kappa shape index (κ3) is 3.66. The Labute approximate surface area is 47.7 Å². The average molecular weight is 119 g/mol. The summed E-state index contributed by atoms with van der Waals surface area (Å²) in [5.74, 6) is 0. The largest absolute Gasteiger partial charge is 0.347 e. The van der Waals surface area contributed by atoms with Crippen LogP contribution in [0.15, 0.2) is 0 Å². The number of thioether (sulfide) groups is 1. The highest BCUT2D eigenvalue weighted by molar-refractivity contribution is 7.99. The van der Waals surface area contributed by atoms with Gasteiger partial charge in [-0.15, -0.1) is 11.8 Å². The predicted molar refractivity (Wildman–Crippen MR) is 32.2 cm³/mol. The van der Waals surface area contributed by atoms with Crippen LogP contribution in [-0.2, 0) is 4.79 Å². The van der Waals surface area contributed by atoms with Crippen molar-refractivity contribution < 1.29 is 4.79 Å². The van der Waals surface area contributed by atoms with Crippen LogP contribution in [0.3, 0.4) is 0 Å². The zero-order valence-electron chi connectivity index (χ0n) is 4.47. The summed E-state index contributed by atoms with van der Waals surface area (Å²) in [6.45, 7) is 1.93. The van der Waals surface area contributed by atoms with E-state index in [1.807, 2.05) is 13.2 Å². The summed E-state index contributed by atoms with van der Waals surface area (Å²) in [6, 6.07) is 0. The maximum atomic E-state index is 9.65. The predicted octanol–water partition coefficient (Wildman–Crippen LogP) is 0.441. The lowest BCUT2D eigenvalue weighted by atomic mass is 10.8. The minimum Gasteiger partial charge on any atom is -0.347 e. The van der Waals surface area contributed by atoms with Gasteiger partial charge in [0.15, 0.2) is 0 Å². The molecule has 2 nitrogen and oxygen atoms in total. The van der Waals surface area contributed by atoms with Gasteiger partial charge >= 0.3 is 0 Å². The van der Waals surface area contributed by atoms with Crippen LogP contribution >= 0.6 is 11.8 Å². The van der Waals surface area contributed by atoms with Crippen LogP contribution in [0.4, 0.5) is 0 Å². The number of amides is 1. The van der Waals surface area contributed by atoms with E-state index < -0.39 is 0 Å². The van der Waals surface area contributed by atoms with Gasteiger partial charge in [-0.05, 0) is 13.2 Å². The van der Waals surface area contributed by atoms with Crippen molar-refractivity contribution in [2.24, 2.45) is 0 Å². The minimum atomic E-state index is 0.248. The molecule has 1 unspecified atom stereocenters. The minimum absolute atomic E-state index is 0.248. The summed E-state index contributed by atoms with van der Waals surface area (Å²) in [4.78, 5) is 9.65. The van der Waals surface area contributed by atoms with Gasteiger partial charge in [-0.3, -0.25) is 4.79 Å². The Balaban J connectivity index is 2.98. The molecule has 0 heterocycles. The number of nitrogens with one attached hydrogen (secondary N) is 1. The van der Waals surface area contributed by atoms with E-state index >= 15 is 0 Å². The Morgan fingerprint density at radius 2 is 2.43 bits per heavy atom. The molecular weight excluding hydrogens is 110 g/mol. The van der Waals surface area contributed by atoms with Crippen LogP contribution in [-0.4, -0.2) is 18.0 Å². The van der Waals surface area contributed by atoms with Gasteiger partial charge < -0.3 is 5.32 Å². The number of carbonyl (C=O) groups excluding carboxylic acids is 1. The van der Waals surface area contributed by atoms with E-state index in [1.165, 1.54) is 0 Å². The molecule has 0 aliphatic heterocycles. The van der Waals surface area contributed by atoms with Crippen molar-refractivity contribution in [3.05, 3.63) is 0 Å². The van der Waals surface area contributed by atoms with Gasteiger partial charge in [0.05, 0.1) is 5.37 Å². The number of hydrogen-bond donors (Lipinski definition) is 1. The molecule has 42 valence electrons. The zero-order chi connectivity index (χ0) is 5.70. The van der Waals surface area contributed by atoms with Crippen LogP contribution < -0.4 is 5.32 Å². The molecule has 0 saturated heterocycles. The smallest absolute Gasteiger partial charge is 0.207 e. The molecule has 0 spiro atoms. The van der Waals surface area contributed by atoms with E-state index in [1.54, 1.807) is 11.8 Å². The molecule has 0 radical (unpaired) electrons. The average Bonchev–Trinajstić information content (AvgIpc) is 1.68. The van der Waals surface area contributed by atoms with E-state index in [0.29, 0.717) is 6.41 Å². The normalized spacial score (nSPS) is 12.9. The van der Waals surface area contributed by atoms with Crippen molar-refractivity contribution in [1.29, 1.82) is 0 Å². The molecule has 1 N–H and O–H groups in total. The first-order chi connectivity index (χ1) is 3.31. The first-order valence-corrected chi connectivity index (χ1v) is 3.32. The second kappa shape index (κ2) is 3.99. The summed E-state index contributed by atoms with van der Waals surface area (Å²) >= 11 is 1.61. The quantitative estimate of drug-likeness (QED) is 0.431. The van der Waals surface area contributed by atoms with Gasteiger partial charge in [0.1, 0.15) is 0 Å². The molecule has 0 rings (SSSR count). The molecule has 1 amide bonds. The molecule has 0 aliphatic rings. The van der Waals surface area contributed by atoms with E-state index in [-0.39, 0.29) is 5.37 Å². The first kappa shape index (κ1) is 6.82. The van der Waals surface area contributed by atoms with E-state index in [2.05, 4.69) is 5.32 Å². The molecule has 7 heavy (non-hydrogen) atoms. The van der Waals surface area contributed by atoms with E-state index in [4.69, 9.17) is 0 Å². The summed E-state index contributed by atoms with van der Waals surface area (Å²) < 4.78 is 0. The van der Waals surface area contributed by atoms with Gasteiger partial charge in [-0.25, -0.2) is 0 Å².